The molecular weight excluding hydrogens is 274 g/mol. The highest BCUT2D eigenvalue weighted by Crippen LogP contribution is 2.18. The number of hydrogen-bond donors (Lipinski definition) is 2. The number of aliphatic hydroxyl groups excluding tert-OH is 1. The summed E-state index contributed by atoms with van der Waals surface area (Å²) in [4.78, 5) is 12.1. The number of rotatable bonds is 4. The Hall–Kier alpha value is -1.84. The Morgan fingerprint density at radius 2 is 1.70 bits per heavy atom. The molecule has 2 rings (SSSR count). The fourth-order valence-corrected chi connectivity index (χ4v) is 2.17. The van der Waals surface area contributed by atoms with Crippen molar-refractivity contribution in [2.45, 2.75) is 19.1 Å². The van der Waals surface area contributed by atoms with Gasteiger partial charge in [-0.25, -0.2) is 0 Å². The number of carbonyl (C=O) groups excluding carboxylic acids is 1. The van der Waals surface area contributed by atoms with Gasteiger partial charge in [0.05, 0.1) is 22.7 Å². The zero-order valence-electron chi connectivity index (χ0n) is 11.1. The molecule has 0 spiro atoms. The third-order valence-corrected chi connectivity index (χ3v) is 3.42. The standard InChI is InChI=1S/C16H16ClNO2/c1-11(15(19)12-7-3-2-4-8-12)18-16(20)13-9-5-6-10-14(13)17/h2-11,15,19H,1H3,(H,18,20)/t11-,15-/m0/s1. The van der Waals surface area contributed by atoms with Crippen molar-refractivity contribution in [3.63, 3.8) is 0 Å². The van der Waals surface area contributed by atoms with E-state index in [0.29, 0.717) is 10.6 Å². The maximum atomic E-state index is 12.1. The van der Waals surface area contributed by atoms with Crippen molar-refractivity contribution in [2.75, 3.05) is 0 Å². The van der Waals surface area contributed by atoms with Crippen molar-refractivity contribution in [3.8, 4) is 0 Å². The highest BCUT2D eigenvalue weighted by Gasteiger charge is 2.19. The number of halogens is 1. The van der Waals surface area contributed by atoms with Crippen LogP contribution in [-0.4, -0.2) is 17.1 Å². The van der Waals surface area contributed by atoms with Crippen LogP contribution >= 0.6 is 11.6 Å². The van der Waals surface area contributed by atoms with Crippen LogP contribution in [0.25, 0.3) is 0 Å². The summed E-state index contributed by atoms with van der Waals surface area (Å²) in [6, 6.07) is 15.6. The van der Waals surface area contributed by atoms with Gasteiger partial charge in [0, 0.05) is 0 Å². The van der Waals surface area contributed by atoms with E-state index >= 15 is 0 Å². The molecule has 0 aliphatic carbocycles. The number of aliphatic hydroxyl groups is 1. The lowest BCUT2D eigenvalue weighted by Gasteiger charge is -2.20. The van der Waals surface area contributed by atoms with Gasteiger partial charge >= 0.3 is 0 Å². The van der Waals surface area contributed by atoms with Gasteiger partial charge in [-0.1, -0.05) is 54.1 Å². The third-order valence-electron chi connectivity index (χ3n) is 3.09. The minimum atomic E-state index is -0.761. The molecule has 0 heterocycles. The lowest BCUT2D eigenvalue weighted by Crippen LogP contribution is -2.37. The second-order valence-corrected chi connectivity index (χ2v) is 5.00. The second kappa shape index (κ2) is 6.55. The molecule has 3 nitrogen and oxygen atoms in total. The molecular formula is C16H16ClNO2. The van der Waals surface area contributed by atoms with E-state index < -0.39 is 12.1 Å². The Morgan fingerprint density at radius 3 is 2.35 bits per heavy atom. The van der Waals surface area contributed by atoms with Crippen LogP contribution in [-0.2, 0) is 0 Å². The molecule has 0 saturated heterocycles. The Bertz CT molecular complexity index is 586. The molecule has 0 saturated carbocycles. The van der Waals surface area contributed by atoms with Crippen LogP contribution in [0.3, 0.4) is 0 Å². The Kier molecular flexibility index (Phi) is 4.77. The molecule has 1 amide bonds. The first-order valence-corrected chi connectivity index (χ1v) is 6.76. The minimum Gasteiger partial charge on any atom is -0.386 e. The quantitative estimate of drug-likeness (QED) is 0.908. The van der Waals surface area contributed by atoms with Crippen molar-refractivity contribution in [2.24, 2.45) is 0 Å². The van der Waals surface area contributed by atoms with Crippen LogP contribution in [0, 0.1) is 0 Å². The highest BCUT2D eigenvalue weighted by atomic mass is 35.5. The molecule has 2 atom stereocenters. The van der Waals surface area contributed by atoms with E-state index in [1.54, 1.807) is 31.2 Å². The summed E-state index contributed by atoms with van der Waals surface area (Å²) < 4.78 is 0. The minimum absolute atomic E-state index is 0.293. The van der Waals surface area contributed by atoms with E-state index in [1.165, 1.54) is 0 Å². The molecule has 20 heavy (non-hydrogen) atoms. The molecule has 104 valence electrons. The Morgan fingerprint density at radius 1 is 1.10 bits per heavy atom. The molecule has 4 heteroatoms. The predicted octanol–water partition coefficient (Wildman–Crippen LogP) is 3.19. The summed E-state index contributed by atoms with van der Waals surface area (Å²) in [5.41, 5.74) is 1.17. The summed E-state index contributed by atoms with van der Waals surface area (Å²) in [7, 11) is 0. The zero-order chi connectivity index (χ0) is 14.5. The fourth-order valence-electron chi connectivity index (χ4n) is 1.95. The van der Waals surface area contributed by atoms with Gasteiger partial charge < -0.3 is 10.4 Å². The van der Waals surface area contributed by atoms with E-state index in [0.717, 1.165) is 5.56 Å². The molecule has 2 aromatic carbocycles. The molecule has 0 unspecified atom stereocenters. The summed E-state index contributed by atoms with van der Waals surface area (Å²) in [6.45, 7) is 1.76. The van der Waals surface area contributed by atoms with Gasteiger partial charge in [0.15, 0.2) is 0 Å². The van der Waals surface area contributed by atoms with Gasteiger partial charge in [0.25, 0.3) is 5.91 Å². The molecule has 2 aromatic rings. The van der Waals surface area contributed by atoms with Crippen molar-refractivity contribution < 1.29 is 9.90 Å². The van der Waals surface area contributed by atoms with E-state index in [4.69, 9.17) is 11.6 Å². The number of nitrogens with one attached hydrogen (secondary N) is 1. The number of carbonyl (C=O) groups is 1. The van der Waals surface area contributed by atoms with Crippen LogP contribution in [0.4, 0.5) is 0 Å². The van der Waals surface area contributed by atoms with E-state index in [1.807, 2.05) is 30.3 Å². The normalized spacial score (nSPS) is 13.6. The maximum absolute atomic E-state index is 12.1. The van der Waals surface area contributed by atoms with E-state index in [-0.39, 0.29) is 5.91 Å². The fraction of sp³-hybridized carbons (Fsp3) is 0.188. The first-order valence-electron chi connectivity index (χ1n) is 6.38. The van der Waals surface area contributed by atoms with Crippen molar-refractivity contribution in [1.82, 2.24) is 5.32 Å². The lowest BCUT2D eigenvalue weighted by molar-refractivity contribution is 0.0852. The van der Waals surface area contributed by atoms with Crippen LogP contribution in [0.2, 0.25) is 5.02 Å². The molecule has 0 fully saturated rings. The molecule has 0 aliphatic rings. The average Bonchev–Trinajstić information content (AvgIpc) is 2.47. The molecule has 0 aliphatic heterocycles. The third kappa shape index (κ3) is 3.38. The van der Waals surface area contributed by atoms with Gasteiger partial charge in [-0.05, 0) is 24.6 Å². The molecule has 2 N–H and O–H groups in total. The lowest BCUT2D eigenvalue weighted by atomic mass is 10.0. The van der Waals surface area contributed by atoms with Gasteiger partial charge in [0.1, 0.15) is 0 Å². The SMILES string of the molecule is C[C@H](NC(=O)c1ccccc1Cl)[C@H](O)c1ccccc1. The van der Waals surface area contributed by atoms with Crippen LogP contribution in [0.15, 0.2) is 54.6 Å². The predicted molar refractivity (Wildman–Crippen MR) is 79.8 cm³/mol. The molecule has 0 radical (unpaired) electrons. The smallest absolute Gasteiger partial charge is 0.253 e. The zero-order valence-corrected chi connectivity index (χ0v) is 11.8. The Labute approximate surface area is 123 Å². The topological polar surface area (TPSA) is 49.3 Å². The second-order valence-electron chi connectivity index (χ2n) is 4.60. The molecule has 0 aromatic heterocycles. The summed E-state index contributed by atoms with van der Waals surface area (Å²) in [5, 5.41) is 13.4. The summed E-state index contributed by atoms with van der Waals surface area (Å²) in [5.74, 6) is -0.293. The van der Waals surface area contributed by atoms with Crippen molar-refractivity contribution >= 4 is 17.5 Å². The van der Waals surface area contributed by atoms with E-state index in [9.17, 15) is 9.90 Å². The number of amides is 1. The van der Waals surface area contributed by atoms with Crippen LogP contribution < -0.4 is 5.32 Å². The van der Waals surface area contributed by atoms with Crippen LogP contribution in [0.5, 0.6) is 0 Å². The average molecular weight is 290 g/mol. The molecule has 0 bridgehead atoms. The van der Waals surface area contributed by atoms with Gasteiger partial charge in [0.2, 0.25) is 0 Å². The number of benzene rings is 2. The van der Waals surface area contributed by atoms with Crippen LogP contribution in [0.1, 0.15) is 28.9 Å². The van der Waals surface area contributed by atoms with Gasteiger partial charge in [-0.15, -0.1) is 0 Å². The van der Waals surface area contributed by atoms with Crippen molar-refractivity contribution in [3.05, 3.63) is 70.7 Å². The number of hydrogen-bond acceptors (Lipinski definition) is 2. The van der Waals surface area contributed by atoms with Gasteiger partial charge in [-0.3, -0.25) is 4.79 Å². The van der Waals surface area contributed by atoms with Crippen molar-refractivity contribution in [1.29, 1.82) is 0 Å². The first kappa shape index (κ1) is 14.6. The largest absolute Gasteiger partial charge is 0.386 e. The monoisotopic (exact) mass is 289 g/mol. The first-order chi connectivity index (χ1) is 9.59. The maximum Gasteiger partial charge on any atom is 0.253 e. The summed E-state index contributed by atoms with van der Waals surface area (Å²) in [6.07, 6.45) is -0.761. The van der Waals surface area contributed by atoms with Gasteiger partial charge in [-0.2, -0.15) is 0 Å². The summed E-state index contributed by atoms with van der Waals surface area (Å²) >= 11 is 5.98. The van der Waals surface area contributed by atoms with E-state index in [2.05, 4.69) is 5.32 Å². The Balaban J connectivity index is 2.07. The highest BCUT2D eigenvalue weighted by molar-refractivity contribution is 6.33.